The van der Waals surface area contributed by atoms with E-state index in [1.165, 1.54) is 0 Å². The number of para-hydroxylation sites is 1. The lowest BCUT2D eigenvalue weighted by atomic mass is 9.84. The number of aromatic nitrogens is 2. The van der Waals surface area contributed by atoms with E-state index in [4.69, 9.17) is 15.2 Å². The summed E-state index contributed by atoms with van der Waals surface area (Å²) in [6.45, 7) is 1.91. The standard InChI is InChI=1S/C21H18N4O2/c1-13-18-19(14-8-10-16(26-2)11-9-14)17(12-22)20(23)27-21(18)25(24-13)15-6-4-3-5-7-15/h3-11,19H,23H2,1-2H3. The highest BCUT2D eigenvalue weighted by molar-refractivity contribution is 5.57. The monoisotopic (exact) mass is 358 g/mol. The number of nitriles is 1. The molecule has 1 unspecified atom stereocenters. The van der Waals surface area contributed by atoms with Crippen molar-refractivity contribution < 1.29 is 9.47 Å². The van der Waals surface area contributed by atoms with Crippen LogP contribution in [0, 0.1) is 18.3 Å². The Bertz CT molecular complexity index is 1060. The zero-order chi connectivity index (χ0) is 19.0. The maximum Gasteiger partial charge on any atom is 0.229 e. The molecule has 1 aliphatic rings. The predicted octanol–water partition coefficient (Wildman–Crippen LogP) is 3.41. The van der Waals surface area contributed by atoms with Crippen molar-refractivity contribution >= 4 is 0 Å². The number of benzene rings is 2. The normalized spacial score (nSPS) is 15.7. The minimum Gasteiger partial charge on any atom is -0.497 e. The first kappa shape index (κ1) is 16.7. The number of allylic oxidation sites excluding steroid dienone is 1. The van der Waals surface area contributed by atoms with Crippen molar-refractivity contribution in [3.8, 4) is 23.4 Å². The number of ether oxygens (including phenoxy) is 2. The van der Waals surface area contributed by atoms with Gasteiger partial charge in [-0.1, -0.05) is 30.3 Å². The Balaban J connectivity index is 1.92. The highest BCUT2D eigenvalue weighted by atomic mass is 16.5. The molecule has 0 aliphatic carbocycles. The molecule has 6 nitrogen and oxygen atoms in total. The SMILES string of the molecule is COc1ccc(C2C(C#N)=C(N)Oc3c2c(C)nn3-c2ccccc2)cc1. The molecular weight excluding hydrogens is 340 g/mol. The summed E-state index contributed by atoms with van der Waals surface area (Å²) in [7, 11) is 1.62. The van der Waals surface area contributed by atoms with Gasteiger partial charge in [-0.05, 0) is 36.8 Å². The average molecular weight is 358 g/mol. The van der Waals surface area contributed by atoms with E-state index in [2.05, 4.69) is 11.2 Å². The molecule has 2 heterocycles. The van der Waals surface area contributed by atoms with Gasteiger partial charge >= 0.3 is 0 Å². The van der Waals surface area contributed by atoms with Gasteiger partial charge < -0.3 is 15.2 Å². The van der Waals surface area contributed by atoms with E-state index in [1.54, 1.807) is 11.8 Å². The minimum atomic E-state index is -0.345. The van der Waals surface area contributed by atoms with E-state index >= 15 is 0 Å². The quantitative estimate of drug-likeness (QED) is 0.775. The van der Waals surface area contributed by atoms with Gasteiger partial charge in [-0.3, -0.25) is 0 Å². The Morgan fingerprint density at radius 2 is 1.85 bits per heavy atom. The molecule has 0 saturated heterocycles. The van der Waals surface area contributed by atoms with E-state index in [9.17, 15) is 5.26 Å². The molecule has 0 radical (unpaired) electrons. The first-order chi connectivity index (χ1) is 13.1. The summed E-state index contributed by atoms with van der Waals surface area (Å²) in [5.41, 5.74) is 9.91. The van der Waals surface area contributed by atoms with Crippen LogP contribution in [0.2, 0.25) is 0 Å². The molecule has 134 valence electrons. The molecule has 0 amide bonds. The third-order valence-electron chi connectivity index (χ3n) is 4.68. The maximum atomic E-state index is 9.71. The van der Waals surface area contributed by atoms with Gasteiger partial charge in [-0.15, -0.1) is 0 Å². The summed E-state index contributed by atoms with van der Waals surface area (Å²) < 4.78 is 12.8. The highest BCUT2D eigenvalue weighted by Gasteiger charge is 2.36. The van der Waals surface area contributed by atoms with Gasteiger partial charge in [0, 0.05) is 0 Å². The molecule has 6 heteroatoms. The van der Waals surface area contributed by atoms with Crippen LogP contribution in [0.4, 0.5) is 0 Å². The van der Waals surface area contributed by atoms with Crippen LogP contribution in [0.1, 0.15) is 22.7 Å². The zero-order valence-electron chi connectivity index (χ0n) is 15.0. The van der Waals surface area contributed by atoms with Crippen LogP contribution in [0.25, 0.3) is 5.69 Å². The van der Waals surface area contributed by atoms with Crippen LogP contribution >= 0.6 is 0 Å². The number of fused-ring (bicyclic) bond motifs is 1. The second kappa shape index (κ2) is 6.54. The largest absolute Gasteiger partial charge is 0.497 e. The van der Waals surface area contributed by atoms with Crippen LogP contribution in [0.3, 0.4) is 0 Å². The number of hydrogen-bond acceptors (Lipinski definition) is 5. The Morgan fingerprint density at radius 3 is 2.48 bits per heavy atom. The highest BCUT2D eigenvalue weighted by Crippen LogP contribution is 2.44. The Labute approximate surface area is 157 Å². The van der Waals surface area contributed by atoms with Gasteiger partial charge in [0.15, 0.2) is 0 Å². The first-order valence-corrected chi connectivity index (χ1v) is 8.50. The molecule has 3 aromatic rings. The summed E-state index contributed by atoms with van der Waals surface area (Å²) in [5, 5.41) is 14.4. The van der Waals surface area contributed by atoms with E-state index in [0.29, 0.717) is 11.5 Å². The summed E-state index contributed by atoms with van der Waals surface area (Å²) in [6, 6.07) is 19.5. The summed E-state index contributed by atoms with van der Waals surface area (Å²) in [4.78, 5) is 0. The number of aryl methyl sites for hydroxylation is 1. The third-order valence-corrected chi connectivity index (χ3v) is 4.68. The molecule has 1 atom stereocenters. The van der Waals surface area contributed by atoms with Crippen LogP contribution in [-0.2, 0) is 0 Å². The number of rotatable bonds is 3. The minimum absolute atomic E-state index is 0.0999. The number of hydrogen-bond donors (Lipinski definition) is 1. The smallest absolute Gasteiger partial charge is 0.229 e. The van der Waals surface area contributed by atoms with Crippen molar-refractivity contribution in [2.45, 2.75) is 12.8 Å². The Hall–Kier alpha value is -3.72. The van der Waals surface area contributed by atoms with Gasteiger partial charge in [-0.2, -0.15) is 10.4 Å². The first-order valence-electron chi connectivity index (χ1n) is 8.50. The molecule has 0 fully saturated rings. The van der Waals surface area contributed by atoms with Crippen LogP contribution in [0.15, 0.2) is 66.1 Å². The van der Waals surface area contributed by atoms with Gasteiger partial charge in [0.2, 0.25) is 11.8 Å². The van der Waals surface area contributed by atoms with E-state index in [1.807, 2.05) is 61.5 Å². The molecule has 0 saturated carbocycles. The molecular formula is C21H18N4O2. The van der Waals surface area contributed by atoms with Crippen LogP contribution in [-0.4, -0.2) is 16.9 Å². The molecule has 2 aromatic carbocycles. The summed E-state index contributed by atoms with van der Waals surface area (Å²) in [6.07, 6.45) is 0. The van der Waals surface area contributed by atoms with Crippen LogP contribution < -0.4 is 15.2 Å². The lowest BCUT2D eigenvalue weighted by molar-refractivity contribution is 0.367. The van der Waals surface area contributed by atoms with Crippen molar-refractivity contribution in [2.24, 2.45) is 5.73 Å². The second-order valence-electron chi connectivity index (χ2n) is 6.25. The van der Waals surface area contributed by atoms with E-state index in [-0.39, 0.29) is 11.8 Å². The molecule has 1 aromatic heterocycles. The molecule has 27 heavy (non-hydrogen) atoms. The zero-order valence-corrected chi connectivity index (χ0v) is 15.0. The van der Waals surface area contributed by atoms with Crippen molar-refractivity contribution in [1.29, 1.82) is 5.26 Å². The molecule has 2 N–H and O–H groups in total. The lowest BCUT2D eigenvalue weighted by Crippen LogP contribution is -2.22. The van der Waals surface area contributed by atoms with Gasteiger partial charge in [0.05, 0.1) is 30.0 Å². The number of methoxy groups -OCH3 is 1. The third kappa shape index (κ3) is 2.70. The number of nitrogens with two attached hydrogens (primary N) is 1. The number of nitrogens with zero attached hydrogens (tertiary/aromatic N) is 3. The lowest BCUT2D eigenvalue weighted by Gasteiger charge is -2.25. The predicted molar refractivity (Wildman–Crippen MR) is 101 cm³/mol. The topological polar surface area (TPSA) is 86.1 Å². The van der Waals surface area contributed by atoms with E-state index in [0.717, 1.165) is 28.3 Å². The van der Waals surface area contributed by atoms with Gasteiger partial charge in [-0.25, -0.2) is 4.68 Å². The van der Waals surface area contributed by atoms with Gasteiger partial charge in [0.25, 0.3) is 0 Å². The molecule has 1 aliphatic heterocycles. The van der Waals surface area contributed by atoms with Crippen molar-refractivity contribution in [1.82, 2.24) is 9.78 Å². The fourth-order valence-electron chi connectivity index (χ4n) is 3.39. The second-order valence-corrected chi connectivity index (χ2v) is 6.25. The van der Waals surface area contributed by atoms with Crippen LogP contribution in [0.5, 0.6) is 11.6 Å². The van der Waals surface area contributed by atoms with Crippen molar-refractivity contribution in [3.63, 3.8) is 0 Å². The Kier molecular flexibility index (Phi) is 4.05. The average Bonchev–Trinajstić information content (AvgIpc) is 3.03. The fraction of sp³-hybridized carbons (Fsp3) is 0.143. The maximum absolute atomic E-state index is 9.71. The molecule has 0 spiro atoms. The summed E-state index contributed by atoms with van der Waals surface area (Å²) in [5.74, 6) is 1.04. The molecule has 0 bridgehead atoms. The molecule has 4 rings (SSSR count). The van der Waals surface area contributed by atoms with Crippen molar-refractivity contribution in [3.05, 3.63) is 82.9 Å². The van der Waals surface area contributed by atoms with Crippen molar-refractivity contribution in [2.75, 3.05) is 7.11 Å². The fourth-order valence-corrected chi connectivity index (χ4v) is 3.39. The summed E-state index contributed by atoms with van der Waals surface area (Å²) >= 11 is 0. The Morgan fingerprint density at radius 1 is 1.15 bits per heavy atom. The van der Waals surface area contributed by atoms with Gasteiger partial charge in [0.1, 0.15) is 17.4 Å². The van der Waals surface area contributed by atoms with E-state index < -0.39 is 0 Å².